The van der Waals surface area contributed by atoms with E-state index in [9.17, 15) is 5.11 Å². The standard InChI is InChI=1S/C23H31N5O3/c1-13(29)11-30-28-21-18-10-16(31-15-6-4-14(24)5-7-15)8-9-17(18)20-19(23(21,2)3)22(25)27-12-26-20/h8-10,12-15,29H,4-7,11,24H2,1-3H3,(H2,25,26,27)/b28-21+/t13-,14?,15?/m0/s1. The number of oxime groups is 1. The van der Waals surface area contributed by atoms with Gasteiger partial charge in [0.15, 0.2) is 0 Å². The molecule has 0 radical (unpaired) electrons. The SMILES string of the molecule is C[C@H](O)CO/N=C1\c2cc(OC3CCC(N)CC3)ccc2-c2ncnc(N)c2C1(C)C. The summed E-state index contributed by atoms with van der Waals surface area (Å²) >= 11 is 0. The van der Waals surface area contributed by atoms with Gasteiger partial charge in [-0.05, 0) is 64.7 Å². The first-order valence-electron chi connectivity index (χ1n) is 10.8. The number of nitrogen functional groups attached to an aromatic ring is 1. The van der Waals surface area contributed by atoms with Crippen LogP contribution in [0.3, 0.4) is 0 Å². The molecule has 1 aromatic carbocycles. The number of aliphatic hydroxyl groups excluding tert-OH is 1. The Morgan fingerprint density at radius 3 is 2.65 bits per heavy atom. The molecule has 2 aliphatic carbocycles. The van der Waals surface area contributed by atoms with Crippen LogP contribution < -0.4 is 16.2 Å². The number of hydrogen-bond donors (Lipinski definition) is 3. The summed E-state index contributed by atoms with van der Waals surface area (Å²) < 4.78 is 6.29. The van der Waals surface area contributed by atoms with Crippen molar-refractivity contribution in [2.24, 2.45) is 10.9 Å². The van der Waals surface area contributed by atoms with Gasteiger partial charge in [-0.1, -0.05) is 5.16 Å². The minimum Gasteiger partial charge on any atom is -0.490 e. The Labute approximate surface area is 182 Å². The smallest absolute Gasteiger partial charge is 0.142 e. The highest BCUT2D eigenvalue weighted by Gasteiger charge is 2.41. The molecule has 0 bridgehead atoms. The maximum absolute atomic E-state index is 9.59. The number of anilines is 1. The molecule has 4 rings (SSSR count). The van der Waals surface area contributed by atoms with Crippen molar-refractivity contribution in [3.63, 3.8) is 0 Å². The van der Waals surface area contributed by atoms with Gasteiger partial charge in [-0.2, -0.15) is 0 Å². The third kappa shape index (κ3) is 4.22. The molecular weight excluding hydrogens is 394 g/mol. The maximum atomic E-state index is 9.59. The summed E-state index contributed by atoms with van der Waals surface area (Å²) in [5, 5.41) is 14.0. The fraction of sp³-hybridized carbons (Fsp3) is 0.522. The minimum atomic E-state index is -0.622. The molecule has 2 aromatic rings. The van der Waals surface area contributed by atoms with Gasteiger partial charge >= 0.3 is 0 Å². The van der Waals surface area contributed by atoms with E-state index < -0.39 is 11.5 Å². The fourth-order valence-corrected chi connectivity index (χ4v) is 4.45. The predicted octanol–water partition coefficient (Wildman–Crippen LogP) is 2.77. The van der Waals surface area contributed by atoms with Crippen LogP contribution in [-0.4, -0.2) is 45.6 Å². The molecule has 8 nitrogen and oxygen atoms in total. The minimum absolute atomic E-state index is 0.0983. The molecule has 0 spiro atoms. The van der Waals surface area contributed by atoms with Crippen LogP contribution in [0.1, 0.15) is 57.6 Å². The normalized spacial score (nSPS) is 24.2. The first-order valence-corrected chi connectivity index (χ1v) is 10.8. The van der Waals surface area contributed by atoms with Crippen LogP contribution >= 0.6 is 0 Å². The van der Waals surface area contributed by atoms with Crippen LogP contribution in [0.4, 0.5) is 5.82 Å². The zero-order valence-corrected chi connectivity index (χ0v) is 18.3. The summed E-state index contributed by atoms with van der Waals surface area (Å²) in [4.78, 5) is 14.2. The van der Waals surface area contributed by atoms with E-state index in [4.69, 9.17) is 21.0 Å². The van der Waals surface area contributed by atoms with Gasteiger partial charge in [0.05, 0.1) is 23.6 Å². The topological polar surface area (TPSA) is 129 Å². The van der Waals surface area contributed by atoms with Crippen LogP contribution in [0.15, 0.2) is 29.7 Å². The lowest BCUT2D eigenvalue weighted by Crippen LogP contribution is -2.36. The van der Waals surface area contributed by atoms with E-state index in [0.29, 0.717) is 11.5 Å². The van der Waals surface area contributed by atoms with Crippen molar-refractivity contribution in [3.8, 4) is 17.0 Å². The van der Waals surface area contributed by atoms with Gasteiger partial charge in [0, 0.05) is 28.1 Å². The molecule has 5 N–H and O–H groups in total. The second-order valence-electron chi connectivity index (χ2n) is 9.05. The first-order chi connectivity index (χ1) is 14.8. The van der Waals surface area contributed by atoms with Crippen molar-refractivity contribution >= 4 is 11.5 Å². The third-order valence-electron chi connectivity index (χ3n) is 6.09. The second-order valence-corrected chi connectivity index (χ2v) is 9.05. The Morgan fingerprint density at radius 2 is 1.94 bits per heavy atom. The number of nitrogens with zero attached hydrogens (tertiary/aromatic N) is 3. The molecule has 2 aliphatic rings. The zero-order valence-electron chi connectivity index (χ0n) is 18.3. The number of rotatable bonds is 5. The van der Waals surface area contributed by atoms with E-state index in [-0.39, 0.29) is 18.8 Å². The number of nitrogens with two attached hydrogens (primary N) is 2. The lowest BCUT2D eigenvalue weighted by Gasteiger charge is -2.35. The lowest BCUT2D eigenvalue weighted by molar-refractivity contribution is 0.0493. The Kier molecular flexibility index (Phi) is 5.85. The predicted molar refractivity (Wildman–Crippen MR) is 120 cm³/mol. The quantitative estimate of drug-likeness (QED) is 0.628. The molecule has 0 amide bonds. The van der Waals surface area contributed by atoms with Crippen molar-refractivity contribution in [2.75, 3.05) is 12.3 Å². The molecule has 1 atom stereocenters. The fourth-order valence-electron chi connectivity index (χ4n) is 4.45. The number of hydrogen-bond acceptors (Lipinski definition) is 8. The maximum Gasteiger partial charge on any atom is 0.142 e. The van der Waals surface area contributed by atoms with Crippen molar-refractivity contribution < 1.29 is 14.7 Å². The molecular formula is C23H31N5O3. The van der Waals surface area contributed by atoms with Crippen LogP contribution in [0, 0.1) is 0 Å². The van der Waals surface area contributed by atoms with Gasteiger partial charge in [-0.15, -0.1) is 0 Å². The number of ether oxygens (including phenoxy) is 1. The molecule has 1 fully saturated rings. The number of aromatic nitrogens is 2. The van der Waals surface area contributed by atoms with E-state index in [0.717, 1.165) is 53.8 Å². The molecule has 0 aliphatic heterocycles. The highest BCUT2D eigenvalue weighted by molar-refractivity contribution is 6.15. The van der Waals surface area contributed by atoms with Crippen molar-refractivity contribution in [3.05, 3.63) is 35.7 Å². The molecule has 1 heterocycles. The van der Waals surface area contributed by atoms with Crippen molar-refractivity contribution in [1.82, 2.24) is 9.97 Å². The number of aliphatic hydroxyl groups is 1. The van der Waals surface area contributed by atoms with Crippen LogP contribution in [-0.2, 0) is 10.3 Å². The van der Waals surface area contributed by atoms with E-state index in [1.165, 1.54) is 6.33 Å². The highest BCUT2D eigenvalue weighted by atomic mass is 16.6. The average molecular weight is 426 g/mol. The van der Waals surface area contributed by atoms with Gasteiger partial charge in [0.1, 0.15) is 24.5 Å². The molecule has 8 heteroatoms. The molecule has 0 unspecified atom stereocenters. The van der Waals surface area contributed by atoms with Crippen LogP contribution in [0.5, 0.6) is 5.75 Å². The summed E-state index contributed by atoms with van der Waals surface area (Å²) in [6.07, 6.45) is 4.88. The Bertz CT molecular complexity index is 981. The van der Waals surface area contributed by atoms with Gasteiger partial charge < -0.3 is 26.1 Å². The van der Waals surface area contributed by atoms with Gasteiger partial charge in [0.2, 0.25) is 0 Å². The summed E-state index contributed by atoms with van der Waals surface area (Å²) in [5.74, 6) is 1.20. The zero-order chi connectivity index (χ0) is 22.2. The van der Waals surface area contributed by atoms with E-state index in [1.54, 1.807) is 6.92 Å². The summed E-state index contributed by atoms with van der Waals surface area (Å²) in [7, 11) is 0. The van der Waals surface area contributed by atoms with E-state index in [2.05, 4.69) is 15.1 Å². The van der Waals surface area contributed by atoms with Crippen molar-refractivity contribution in [2.45, 2.75) is 70.1 Å². The lowest BCUT2D eigenvalue weighted by atomic mass is 9.70. The van der Waals surface area contributed by atoms with Crippen LogP contribution in [0.2, 0.25) is 0 Å². The second kappa shape index (κ2) is 8.43. The Balaban J connectivity index is 1.76. The summed E-state index contributed by atoms with van der Waals surface area (Å²) in [6.45, 7) is 5.80. The van der Waals surface area contributed by atoms with Gasteiger partial charge in [-0.25, -0.2) is 9.97 Å². The third-order valence-corrected chi connectivity index (χ3v) is 6.09. The summed E-state index contributed by atoms with van der Waals surface area (Å²) in [5.41, 5.74) is 15.8. The van der Waals surface area contributed by atoms with E-state index in [1.807, 2.05) is 32.0 Å². The summed E-state index contributed by atoms with van der Waals surface area (Å²) in [6, 6.07) is 6.22. The Hall–Kier alpha value is -2.71. The molecule has 0 saturated heterocycles. The van der Waals surface area contributed by atoms with Crippen molar-refractivity contribution in [1.29, 1.82) is 0 Å². The number of benzene rings is 1. The largest absolute Gasteiger partial charge is 0.490 e. The first kappa shape index (κ1) is 21.5. The Morgan fingerprint density at radius 1 is 1.19 bits per heavy atom. The van der Waals surface area contributed by atoms with Crippen LogP contribution in [0.25, 0.3) is 11.3 Å². The molecule has 31 heavy (non-hydrogen) atoms. The molecule has 1 aromatic heterocycles. The van der Waals surface area contributed by atoms with E-state index >= 15 is 0 Å². The number of fused-ring (bicyclic) bond motifs is 3. The molecule has 1 saturated carbocycles. The highest BCUT2D eigenvalue weighted by Crippen LogP contribution is 2.45. The average Bonchev–Trinajstić information content (AvgIpc) is 2.71. The molecule has 166 valence electrons. The van der Waals surface area contributed by atoms with Gasteiger partial charge in [-0.3, -0.25) is 0 Å². The van der Waals surface area contributed by atoms with Gasteiger partial charge in [0.25, 0.3) is 0 Å². The monoisotopic (exact) mass is 425 g/mol.